The molecule has 1 spiro atoms. The summed E-state index contributed by atoms with van der Waals surface area (Å²) in [4.78, 5) is 0. The van der Waals surface area contributed by atoms with Gasteiger partial charge in [-0.2, -0.15) is 0 Å². The van der Waals surface area contributed by atoms with Gasteiger partial charge < -0.3 is 0 Å². The number of anilines is 2. The van der Waals surface area contributed by atoms with Gasteiger partial charge >= 0.3 is 0 Å². The fraction of sp³-hybridized carbons (Fsp3) is 0.158. The monoisotopic (exact) mass is 516 g/mol. The molecule has 4 aromatic rings. The van der Waals surface area contributed by atoms with Crippen LogP contribution in [0.4, 0.5) is 11.4 Å². The first kappa shape index (κ1) is 23.5. The smallest absolute Gasteiger partial charge is 0.0689 e. The zero-order valence-electron chi connectivity index (χ0n) is 22.6. The van der Waals surface area contributed by atoms with E-state index in [-0.39, 0.29) is 5.41 Å². The van der Waals surface area contributed by atoms with Gasteiger partial charge in [-0.3, -0.25) is 5.01 Å². The first-order valence-electron chi connectivity index (χ1n) is 14.5. The van der Waals surface area contributed by atoms with Crippen molar-refractivity contribution in [1.82, 2.24) is 0 Å². The lowest BCUT2D eigenvalue weighted by Crippen LogP contribution is -2.28. The number of hydrogen-bond donors (Lipinski definition) is 1. The molecule has 0 saturated heterocycles. The molecule has 0 heterocycles. The van der Waals surface area contributed by atoms with Crippen LogP contribution in [0.1, 0.15) is 53.5 Å². The summed E-state index contributed by atoms with van der Waals surface area (Å²) in [5.74, 6) is 6.98. The number of nitrogens with two attached hydrogens (primary N) is 1. The van der Waals surface area contributed by atoms with Gasteiger partial charge in [0.2, 0.25) is 0 Å². The maximum absolute atomic E-state index is 6.98. The molecule has 0 saturated carbocycles. The fourth-order valence-corrected chi connectivity index (χ4v) is 7.69. The molecule has 0 aliphatic heterocycles. The zero-order valence-corrected chi connectivity index (χ0v) is 22.6. The summed E-state index contributed by atoms with van der Waals surface area (Å²) >= 11 is 0. The zero-order chi connectivity index (χ0) is 26.7. The Labute approximate surface area is 236 Å². The topological polar surface area (TPSA) is 29.3 Å². The minimum Gasteiger partial charge on any atom is -0.279 e. The van der Waals surface area contributed by atoms with Crippen LogP contribution in [0.2, 0.25) is 0 Å². The molecular weight excluding hydrogens is 484 g/mol. The van der Waals surface area contributed by atoms with Gasteiger partial charge in [-0.1, -0.05) is 103 Å². The molecule has 2 nitrogen and oxygen atoms in total. The van der Waals surface area contributed by atoms with Crippen LogP contribution in [0.25, 0.3) is 16.7 Å². The third kappa shape index (κ3) is 3.20. The van der Waals surface area contributed by atoms with Crippen molar-refractivity contribution in [1.29, 1.82) is 0 Å². The number of allylic oxidation sites excluding steroid dienone is 8. The van der Waals surface area contributed by atoms with Crippen molar-refractivity contribution in [3.63, 3.8) is 0 Å². The largest absolute Gasteiger partial charge is 0.279 e. The maximum atomic E-state index is 6.98. The second kappa shape index (κ2) is 9.08. The van der Waals surface area contributed by atoms with Gasteiger partial charge in [-0.05, 0) is 100 Å². The molecular formula is C38H32N2. The van der Waals surface area contributed by atoms with Crippen molar-refractivity contribution in [2.24, 2.45) is 5.84 Å². The summed E-state index contributed by atoms with van der Waals surface area (Å²) in [5, 5.41) is 1.88. The summed E-state index contributed by atoms with van der Waals surface area (Å²) in [7, 11) is 0. The van der Waals surface area contributed by atoms with E-state index >= 15 is 0 Å². The highest BCUT2D eigenvalue weighted by Gasteiger charge is 2.53. The predicted molar refractivity (Wildman–Crippen MR) is 166 cm³/mol. The van der Waals surface area contributed by atoms with E-state index in [1.54, 1.807) is 0 Å². The van der Waals surface area contributed by atoms with E-state index in [4.69, 9.17) is 5.84 Å². The molecule has 0 aromatic heterocycles. The summed E-state index contributed by atoms with van der Waals surface area (Å²) in [6.45, 7) is 0. The molecule has 8 rings (SSSR count). The lowest BCUT2D eigenvalue weighted by atomic mass is 9.68. The van der Waals surface area contributed by atoms with Crippen LogP contribution in [0.15, 0.2) is 133 Å². The van der Waals surface area contributed by atoms with Crippen LogP contribution in [-0.2, 0) is 11.8 Å². The molecule has 2 N–H and O–H groups in total. The van der Waals surface area contributed by atoms with Crippen molar-refractivity contribution < 1.29 is 0 Å². The van der Waals surface area contributed by atoms with E-state index in [1.807, 2.05) is 11.1 Å². The molecule has 40 heavy (non-hydrogen) atoms. The first-order chi connectivity index (χ1) is 19.8. The Morgan fingerprint density at radius 1 is 0.675 bits per heavy atom. The summed E-state index contributed by atoms with van der Waals surface area (Å²) < 4.78 is 0. The molecule has 0 fully saturated rings. The minimum absolute atomic E-state index is 0.304. The van der Waals surface area contributed by atoms with Crippen LogP contribution in [-0.4, -0.2) is 0 Å². The number of fused-ring (bicyclic) bond motifs is 9. The van der Waals surface area contributed by atoms with Gasteiger partial charge in [-0.15, -0.1) is 0 Å². The Morgan fingerprint density at radius 3 is 2.27 bits per heavy atom. The van der Waals surface area contributed by atoms with E-state index in [0.717, 1.165) is 43.5 Å². The van der Waals surface area contributed by atoms with Crippen LogP contribution >= 0.6 is 0 Å². The highest BCUT2D eigenvalue weighted by atomic mass is 15.4. The quantitative estimate of drug-likeness (QED) is 0.217. The highest BCUT2D eigenvalue weighted by Crippen LogP contribution is 2.65. The van der Waals surface area contributed by atoms with Crippen LogP contribution in [0.5, 0.6) is 0 Å². The lowest BCUT2D eigenvalue weighted by Gasteiger charge is -2.33. The van der Waals surface area contributed by atoms with Crippen molar-refractivity contribution in [2.45, 2.75) is 37.5 Å². The molecule has 1 unspecified atom stereocenters. The Bertz CT molecular complexity index is 1790. The number of rotatable bonds is 4. The Kier molecular flexibility index (Phi) is 5.33. The van der Waals surface area contributed by atoms with Crippen molar-refractivity contribution in [2.75, 3.05) is 5.01 Å². The van der Waals surface area contributed by atoms with E-state index < -0.39 is 0 Å². The number of hydrogen-bond acceptors (Lipinski definition) is 2. The Morgan fingerprint density at radius 2 is 1.43 bits per heavy atom. The van der Waals surface area contributed by atoms with Crippen molar-refractivity contribution in [3.8, 4) is 11.1 Å². The van der Waals surface area contributed by atoms with Crippen LogP contribution in [0, 0.1) is 0 Å². The van der Waals surface area contributed by atoms with Gasteiger partial charge in [0.15, 0.2) is 0 Å². The van der Waals surface area contributed by atoms with E-state index in [1.165, 1.54) is 55.7 Å². The summed E-state index contributed by atoms with van der Waals surface area (Å²) in [5.41, 5.74) is 15.6. The van der Waals surface area contributed by atoms with Gasteiger partial charge in [-0.25, -0.2) is 5.84 Å². The summed E-state index contributed by atoms with van der Waals surface area (Å²) in [6.07, 6.45) is 17.1. The van der Waals surface area contributed by atoms with E-state index in [0.29, 0.717) is 0 Å². The van der Waals surface area contributed by atoms with Crippen LogP contribution in [0.3, 0.4) is 0 Å². The van der Waals surface area contributed by atoms with Gasteiger partial charge in [0, 0.05) is 5.56 Å². The molecule has 4 aromatic carbocycles. The normalized spacial score (nSPS) is 19.8. The van der Waals surface area contributed by atoms with Crippen LogP contribution < -0.4 is 10.9 Å². The molecule has 4 aliphatic carbocycles. The minimum atomic E-state index is -0.304. The molecule has 0 amide bonds. The van der Waals surface area contributed by atoms with Gasteiger partial charge in [0.1, 0.15) is 0 Å². The fourth-order valence-electron chi connectivity index (χ4n) is 7.69. The average Bonchev–Trinajstić information content (AvgIpc) is 3.50. The SMILES string of the molecule is NN(c1ccccc1)c1cccc2c1-c1c(CC3=CCCC=C3)cccc1C21C2=C(C=CCC2)c2ccccc21. The molecule has 1 atom stereocenters. The molecule has 0 bridgehead atoms. The lowest BCUT2D eigenvalue weighted by molar-refractivity contribution is 0.713. The van der Waals surface area contributed by atoms with Crippen molar-refractivity contribution >= 4 is 16.9 Å². The average molecular weight is 517 g/mol. The third-order valence-electron chi connectivity index (χ3n) is 9.26. The number of para-hydroxylation sites is 1. The highest BCUT2D eigenvalue weighted by molar-refractivity contribution is 6.01. The van der Waals surface area contributed by atoms with E-state index in [9.17, 15) is 0 Å². The van der Waals surface area contributed by atoms with Gasteiger partial charge in [0.25, 0.3) is 0 Å². The standard InChI is InChI=1S/C38H32N2/c39-40(28-16-5-2-6-17-28)35-24-12-23-34-37(35)36-27(25-26-13-3-1-4-14-26)15-11-22-33(36)38(34)31-20-9-7-18-29(31)30-19-8-10-21-32(30)38/h2-3,5-9,11-20,22-24H,1,4,10,21,25,39H2. The summed E-state index contributed by atoms with van der Waals surface area (Å²) in [6, 6.07) is 33.2. The number of hydrazine groups is 1. The Hall–Kier alpha value is -4.40. The predicted octanol–water partition coefficient (Wildman–Crippen LogP) is 8.95. The molecule has 194 valence electrons. The first-order valence-corrected chi connectivity index (χ1v) is 14.5. The number of benzene rings is 4. The molecule has 4 aliphatic rings. The van der Waals surface area contributed by atoms with E-state index in [2.05, 4.69) is 115 Å². The second-order valence-electron chi connectivity index (χ2n) is 11.3. The van der Waals surface area contributed by atoms with Crippen molar-refractivity contribution in [3.05, 3.63) is 160 Å². The Balaban J connectivity index is 1.46. The molecule has 0 radical (unpaired) electrons. The molecule has 2 heteroatoms. The maximum Gasteiger partial charge on any atom is 0.0689 e. The third-order valence-corrected chi connectivity index (χ3v) is 9.26. The second-order valence-corrected chi connectivity index (χ2v) is 11.3. The number of nitrogens with zero attached hydrogens (tertiary/aromatic N) is 1. The van der Waals surface area contributed by atoms with Gasteiger partial charge in [0.05, 0.1) is 16.8 Å².